The van der Waals surface area contributed by atoms with Gasteiger partial charge in [0, 0.05) is 6.61 Å². The van der Waals surface area contributed by atoms with E-state index in [-0.39, 0.29) is 0 Å². The van der Waals surface area contributed by atoms with Gasteiger partial charge in [-0.05, 0) is 24.2 Å². The first-order valence-corrected chi connectivity index (χ1v) is 3.21. The van der Waals surface area contributed by atoms with Crippen LogP contribution in [0.15, 0.2) is 12.2 Å². The topological polar surface area (TPSA) is 20.2 Å². The van der Waals surface area contributed by atoms with Crippen molar-refractivity contribution < 1.29 is 5.11 Å². The Morgan fingerprint density at radius 2 is 2.50 bits per heavy atom. The van der Waals surface area contributed by atoms with Gasteiger partial charge in [0.15, 0.2) is 0 Å². The highest BCUT2D eigenvalue weighted by molar-refractivity contribution is 5.16. The molecule has 8 heavy (non-hydrogen) atoms. The van der Waals surface area contributed by atoms with E-state index < -0.39 is 0 Å². The van der Waals surface area contributed by atoms with Crippen LogP contribution in [0.2, 0.25) is 0 Å². The Kier molecular flexibility index (Phi) is 0.770. The van der Waals surface area contributed by atoms with E-state index in [1.807, 2.05) is 0 Å². The second-order valence-corrected chi connectivity index (χ2v) is 2.75. The molecular weight excluding hydrogens is 100 g/mol. The summed E-state index contributed by atoms with van der Waals surface area (Å²) in [5.74, 6) is 2.24. The number of allylic oxidation sites excluding steroid dienone is 2. The Bertz CT molecular complexity index is 128. The van der Waals surface area contributed by atoms with Crippen LogP contribution in [-0.2, 0) is 0 Å². The largest absolute Gasteiger partial charge is 0.396 e. The lowest BCUT2D eigenvalue weighted by molar-refractivity contribution is 0.265. The average molecular weight is 110 g/mol. The van der Waals surface area contributed by atoms with E-state index in [1.165, 1.54) is 6.42 Å². The predicted octanol–water partition coefficient (Wildman–Crippen LogP) is 0.801. The number of rotatable bonds is 1. The number of aliphatic hydroxyl groups is 1. The van der Waals surface area contributed by atoms with Gasteiger partial charge in [-0.2, -0.15) is 0 Å². The van der Waals surface area contributed by atoms with Crippen LogP contribution in [0, 0.1) is 17.8 Å². The third kappa shape index (κ3) is 0.402. The highest BCUT2D eigenvalue weighted by Gasteiger charge is 2.49. The monoisotopic (exact) mass is 110 g/mol. The standard InChI is InChI=1S/C7H10O/c8-4-7-5-2-1-3-6(5)7/h1-2,5-8H,3-4H2/t5?,6-,7+/m0/s1. The van der Waals surface area contributed by atoms with Gasteiger partial charge in [-0.25, -0.2) is 0 Å². The Labute approximate surface area is 49.0 Å². The van der Waals surface area contributed by atoms with Crippen LogP contribution < -0.4 is 0 Å². The maximum absolute atomic E-state index is 8.68. The zero-order chi connectivity index (χ0) is 5.56. The van der Waals surface area contributed by atoms with E-state index >= 15 is 0 Å². The van der Waals surface area contributed by atoms with Crippen LogP contribution in [0.25, 0.3) is 0 Å². The molecule has 1 unspecified atom stereocenters. The fourth-order valence-electron chi connectivity index (χ4n) is 1.74. The minimum atomic E-state index is 0.402. The molecule has 0 aromatic carbocycles. The van der Waals surface area contributed by atoms with Crippen LogP contribution in [0.4, 0.5) is 0 Å². The Morgan fingerprint density at radius 3 is 2.88 bits per heavy atom. The van der Waals surface area contributed by atoms with Gasteiger partial charge >= 0.3 is 0 Å². The number of fused-ring (bicyclic) bond motifs is 1. The molecule has 2 rings (SSSR count). The first kappa shape index (κ1) is 4.57. The van der Waals surface area contributed by atoms with Crippen LogP contribution in [0.1, 0.15) is 6.42 Å². The van der Waals surface area contributed by atoms with Crippen LogP contribution >= 0.6 is 0 Å². The summed E-state index contributed by atoms with van der Waals surface area (Å²) < 4.78 is 0. The van der Waals surface area contributed by atoms with Crippen molar-refractivity contribution in [2.45, 2.75) is 6.42 Å². The van der Waals surface area contributed by atoms with Crippen LogP contribution in [0.5, 0.6) is 0 Å². The van der Waals surface area contributed by atoms with Crippen molar-refractivity contribution in [2.24, 2.45) is 17.8 Å². The molecule has 0 amide bonds. The van der Waals surface area contributed by atoms with E-state index in [0.717, 1.165) is 11.8 Å². The summed E-state index contributed by atoms with van der Waals surface area (Å²) in [5.41, 5.74) is 0. The summed E-state index contributed by atoms with van der Waals surface area (Å²) in [4.78, 5) is 0. The van der Waals surface area contributed by atoms with Gasteiger partial charge in [0.05, 0.1) is 0 Å². The van der Waals surface area contributed by atoms with Crippen molar-refractivity contribution in [3.05, 3.63) is 12.2 Å². The van der Waals surface area contributed by atoms with E-state index in [0.29, 0.717) is 12.5 Å². The molecule has 0 heterocycles. The lowest BCUT2D eigenvalue weighted by Gasteiger charge is -1.88. The SMILES string of the molecule is OC[C@@H]1C2C=CC[C@@H]21. The molecule has 0 aromatic heterocycles. The molecule has 2 aliphatic carbocycles. The average Bonchev–Trinajstić information content (AvgIpc) is 2.22. The highest BCUT2D eigenvalue weighted by atomic mass is 16.3. The fraction of sp³-hybridized carbons (Fsp3) is 0.714. The molecule has 2 aliphatic rings. The molecular formula is C7H10O. The van der Waals surface area contributed by atoms with E-state index in [1.54, 1.807) is 0 Å². The molecule has 0 aromatic rings. The molecule has 0 bridgehead atoms. The summed E-state index contributed by atoms with van der Waals surface area (Å²) >= 11 is 0. The molecule has 0 spiro atoms. The van der Waals surface area contributed by atoms with Gasteiger partial charge in [-0.1, -0.05) is 12.2 Å². The minimum absolute atomic E-state index is 0.402. The molecule has 44 valence electrons. The van der Waals surface area contributed by atoms with Gasteiger partial charge in [0.2, 0.25) is 0 Å². The quantitative estimate of drug-likeness (QED) is 0.495. The number of hydrogen-bond donors (Lipinski definition) is 1. The van der Waals surface area contributed by atoms with Gasteiger partial charge in [0.25, 0.3) is 0 Å². The molecule has 1 nitrogen and oxygen atoms in total. The summed E-state index contributed by atoms with van der Waals surface area (Å²) in [7, 11) is 0. The van der Waals surface area contributed by atoms with Crippen molar-refractivity contribution in [1.29, 1.82) is 0 Å². The summed E-state index contributed by atoms with van der Waals surface area (Å²) in [6.07, 6.45) is 5.68. The van der Waals surface area contributed by atoms with Gasteiger partial charge in [-0.3, -0.25) is 0 Å². The minimum Gasteiger partial charge on any atom is -0.396 e. The van der Waals surface area contributed by atoms with Crippen molar-refractivity contribution >= 4 is 0 Å². The third-order valence-electron chi connectivity index (χ3n) is 2.38. The summed E-state index contributed by atoms with van der Waals surface area (Å²) in [6.45, 7) is 0.402. The van der Waals surface area contributed by atoms with E-state index in [9.17, 15) is 0 Å². The Hall–Kier alpha value is -0.300. The molecule has 0 radical (unpaired) electrons. The second kappa shape index (κ2) is 1.35. The molecule has 1 fully saturated rings. The van der Waals surface area contributed by atoms with Gasteiger partial charge < -0.3 is 5.11 Å². The van der Waals surface area contributed by atoms with Gasteiger partial charge in [0.1, 0.15) is 0 Å². The maximum Gasteiger partial charge on any atom is 0.0467 e. The summed E-state index contributed by atoms with van der Waals surface area (Å²) in [6, 6.07) is 0. The van der Waals surface area contributed by atoms with Crippen LogP contribution in [0.3, 0.4) is 0 Å². The van der Waals surface area contributed by atoms with Crippen molar-refractivity contribution in [3.63, 3.8) is 0 Å². The first-order valence-electron chi connectivity index (χ1n) is 3.21. The second-order valence-electron chi connectivity index (χ2n) is 2.75. The zero-order valence-electron chi connectivity index (χ0n) is 4.75. The van der Waals surface area contributed by atoms with Gasteiger partial charge in [-0.15, -0.1) is 0 Å². The molecule has 0 aliphatic heterocycles. The van der Waals surface area contributed by atoms with Crippen molar-refractivity contribution in [2.75, 3.05) is 6.61 Å². The molecule has 1 saturated carbocycles. The van der Waals surface area contributed by atoms with Crippen molar-refractivity contribution in [3.8, 4) is 0 Å². The molecule has 3 atom stereocenters. The molecule has 1 N–H and O–H groups in total. The lowest BCUT2D eigenvalue weighted by atomic mass is 10.2. The molecule has 1 heteroatoms. The third-order valence-corrected chi connectivity index (χ3v) is 2.38. The van der Waals surface area contributed by atoms with Crippen molar-refractivity contribution in [1.82, 2.24) is 0 Å². The number of aliphatic hydroxyl groups excluding tert-OH is 1. The maximum atomic E-state index is 8.68. The lowest BCUT2D eigenvalue weighted by Crippen LogP contribution is -1.89. The smallest absolute Gasteiger partial charge is 0.0467 e. The number of hydrogen-bond acceptors (Lipinski definition) is 1. The first-order chi connectivity index (χ1) is 3.93. The highest BCUT2D eigenvalue weighted by Crippen LogP contribution is 2.53. The predicted molar refractivity (Wildman–Crippen MR) is 31.3 cm³/mol. The van der Waals surface area contributed by atoms with E-state index in [4.69, 9.17) is 5.11 Å². The van der Waals surface area contributed by atoms with Crippen LogP contribution in [-0.4, -0.2) is 11.7 Å². The zero-order valence-corrected chi connectivity index (χ0v) is 4.75. The summed E-state index contributed by atoms with van der Waals surface area (Å²) in [5, 5.41) is 8.68. The Morgan fingerprint density at radius 1 is 1.62 bits per heavy atom. The molecule has 0 saturated heterocycles. The normalized spacial score (nSPS) is 49.4. The fourth-order valence-corrected chi connectivity index (χ4v) is 1.74. The van der Waals surface area contributed by atoms with E-state index in [2.05, 4.69) is 12.2 Å². The Balaban J connectivity index is 2.03.